The molecule has 1 N–H and O–H groups in total. The molecule has 0 fully saturated rings. The van der Waals surface area contributed by atoms with Crippen molar-refractivity contribution in [2.75, 3.05) is 7.11 Å². The quantitative estimate of drug-likeness (QED) is 0.538. The highest BCUT2D eigenvalue weighted by Gasteiger charge is 2.29. The second-order valence-corrected chi connectivity index (χ2v) is 8.26. The van der Waals surface area contributed by atoms with Crippen molar-refractivity contribution in [2.24, 2.45) is 0 Å². The molecule has 1 aliphatic rings. The zero-order chi connectivity index (χ0) is 23.5. The lowest BCUT2D eigenvalue weighted by Crippen LogP contribution is -2.36. The molecule has 1 heterocycles. The zero-order valence-corrected chi connectivity index (χ0v) is 19.1. The molecule has 3 aromatic rings. The van der Waals surface area contributed by atoms with Gasteiger partial charge in [0.05, 0.1) is 24.3 Å². The van der Waals surface area contributed by atoms with Crippen LogP contribution >= 0.6 is 0 Å². The Morgan fingerprint density at radius 2 is 1.97 bits per heavy atom. The Hall–Kier alpha value is -3.70. The number of ether oxygens (including phenoxy) is 2. The first-order chi connectivity index (χ1) is 15.9. The number of nitrogens with zero attached hydrogens (tertiary/aromatic N) is 3. The first-order valence-electron chi connectivity index (χ1n) is 10.9. The highest BCUT2D eigenvalue weighted by atomic mass is 16.5. The summed E-state index contributed by atoms with van der Waals surface area (Å²) in [7, 11) is 1.39. The van der Waals surface area contributed by atoms with Gasteiger partial charge in [0.15, 0.2) is 0 Å². The van der Waals surface area contributed by atoms with E-state index in [0.717, 1.165) is 29.5 Å². The Labute approximate surface area is 192 Å². The topological polar surface area (TPSA) is 110 Å². The number of esters is 1. The molecule has 0 saturated heterocycles. The summed E-state index contributed by atoms with van der Waals surface area (Å²) in [5.41, 5.74) is 4.13. The van der Waals surface area contributed by atoms with Gasteiger partial charge in [0, 0.05) is 11.6 Å². The van der Waals surface area contributed by atoms with Crippen LogP contribution in [0.15, 0.2) is 40.9 Å². The smallest absolute Gasteiger partial charge is 0.322 e. The minimum absolute atomic E-state index is 0.0405. The molecule has 0 aliphatic heterocycles. The number of hydrogen-bond donors (Lipinski definition) is 1. The van der Waals surface area contributed by atoms with Crippen LogP contribution < -0.4 is 10.1 Å². The van der Waals surface area contributed by atoms with E-state index in [2.05, 4.69) is 27.6 Å². The van der Waals surface area contributed by atoms with E-state index in [1.54, 1.807) is 25.1 Å². The van der Waals surface area contributed by atoms with Crippen molar-refractivity contribution in [3.05, 3.63) is 53.1 Å². The number of benzene rings is 2. The Kier molecular flexibility index (Phi) is 6.43. The second-order valence-electron chi connectivity index (χ2n) is 8.26. The summed E-state index contributed by atoms with van der Waals surface area (Å²) < 4.78 is 16.3. The van der Waals surface area contributed by atoms with E-state index in [-0.39, 0.29) is 18.1 Å². The lowest BCUT2D eigenvalue weighted by atomic mass is 10.0. The molecule has 2 aromatic carbocycles. The lowest BCUT2D eigenvalue weighted by molar-refractivity contribution is -0.142. The summed E-state index contributed by atoms with van der Waals surface area (Å²) in [5, 5.41) is 17.1. The minimum Gasteiger partial charge on any atom is -0.489 e. The Morgan fingerprint density at radius 1 is 1.21 bits per heavy atom. The maximum atomic E-state index is 11.8. The SMILES string of the molecule is COC(=O)C(C)NC1CCc2c(-c3noc(-c4cccc(C#N)c4OC(C)C)n3)cccc21. The molecule has 0 bridgehead atoms. The van der Waals surface area contributed by atoms with Crippen LogP contribution in [0.25, 0.3) is 22.8 Å². The number of hydrogen-bond acceptors (Lipinski definition) is 8. The molecule has 1 aromatic heterocycles. The molecule has 0 radical (unpaired) electrons. The van der Waals surface area contributed by atoms with Gasteiger partial charge in [0.2, 0.25) is 5.82 Å². The number of rotatable bonds is 7. The van der Waals surface area contributed by atoms with E-state index < -0.39 is 6.04 Å². The van der Waals surface area contributed by atoms with Crippen molar-refractivity contribution in [1.82, 2.24) is 15.5 Å². The summed E-state index contributed by atoms with van der Waals surface area (Å²) in [6.07, 6.45) is 1.57. The summed E-state index contributed by atoms with van der Waals surface area (Å²) in [6, 6.07) is 13.0. The van der Waals surface area contributed by atoms with Crippen molar-refractivity contribution in [3.8, 4) is 34.7 Å². The van der Waals surface area contributed by atoms with Crippen LogP contribution in [0.5, 0.6) is 5.75 Å². The normalized spacial score (nSPS) is 15.7. The van der Waals surface area contributed by atoms with Crippen molar-refractivity contribution in [2.45, 2.75) is 51.8 Å². The van der Waals surface area contributed by atoms with Gasteiger partial charge in [-0.2, -0.15) is 10.2 Å². The molecule has 2 unspecified atom stereocenters. The molecule has 8 heteroatoms. The fourth-order valence-electron chi connectivity index (χ4n) is 4.18. The molecule has 33 heavy (non-hydrogen) atoms. The number of nitrogens with one attached hydrogen (secondary N) is 1. The molecule has 4 rings (SSSR count). The first kappa shape index (κ1) is 22.5. The van der Waals surface area contributed by atoms with Crippen molar-refractivity contribution in [1.29, 1.82) is 5.26 Å². The molecule has 170 valence electrons. The van der Waals surface area contributed by atoms with Crippen LogP contribution in [0.4, 0.5) is 0 Å². The molecule has 2 atom stereocenters. The number of methoxy groups -OCH3 is 1. The fourth-order valence-corrected chi connectivity index (χ4v) is 4.18. The molecule has 0 spiro atoms. The van der Waals surface area contributed by atoms with Gasteiger partial charge in [-0.15, -0.1) is 0 Å². The van der Waals surface area contributed by atoms with E-state index in [9.17, 15) is 10.1 Å². The summed E-state index contributed by atoms with van der Waals surface area (Å²) in [4.78, 5) is 16.5. The average molecular weight is 447 g/mol. The number of carbonyl (C=O) groups is 1. The van der Waals surface area contributed by atoms with Crippen LogP contribution in [0.2, 0.25) is 0 Å². The molecule has 0 amide bonds. The largest absolute Gasteiger partial charge is 0.489 e. The zero-order valence-electron chi connectivity index (χ0n) is 19.1. The number of para-hydroxylation sites is 1. The average Bonchev–Trinajstić information content (AvgIpc) is 3.46. The maximum Gasteiger partial charge on any atom is 0.322 e. The first-order valence-corrected chi connectivity index (χ1v) is 10.9. The Balaban J connectivity index is 1.67. The number of aromatic nitrogens is 2. The predicted octanol–water partition coefficient (Wildman–Crippen LogP) is 4.20. The predicted molar refractivity (Wildman–Crippen MR) is 121 cm³/mol. The Morgan fingerprint density at radius 3 is 2.70 bits per heavy atom. The Bertz CT molecular complexity index is 1210. The van der Waals surface area contributed by atoms with Gasteiger partial charge in [0.1, 0.15) is 17.9 Å². The second kappa shape index (κ2) is 9.43. The van der Waals surface area contributed by atoms with E-state index in [1.165, 1.54) is 7.11 Å². The summed E-state index contributed by atoms with van der Waals surface area (Å²) >= 11 is 0. The van der Waals surface area contributed by atoms with Crippen molar-refractivity contribution in [3.63, 3.8) is 0 Å². The maximum absolute atomic E-state index is 11.8. The van der Waals surface area contributed by atoms with Crippen LogP contribution in [-0.4, -0.2) is 35.4 Å². The molecule has 0 saturated carbocycles. The summed E-state index contributed by atoms with van der Waals surface area (Å²) in [6.45, 7) is 5.59. The molecule has 1 aliphatic carbocycles. The van der Waals surface area contributed by atoms with Gasteiger partial charge in [-0.05, 0) is 56.9 Å². The molecular weight excluding hydrogens is 420 g/mol. The van der Waals surface area contributed by atoms with E-state index in [0.29, 0.717) is 28.6 Å². The fraction of sp³-hybridized carbons (Fsp3) is 0.360. The molecular formula is C25H26N4O4. The molecule has 8 nitrogen and oxygen atoms in total. The van der Waals surface area contributed by atoms with Gasteiger partial charge in [-0.3, -0.25) is 10.1 Å². The van der Waals surface area contributed by atoms with E-state index >= 15 is 0 Å². The van der Waals surface area contributed by atoms with Crippen LogP contribution in [0.1, 0.15) is 49.9 Å². The third-order valence-corrected chi connectivity index (χ3v) is 5.66. The van der Waals surface area contributed by atoms with Gasteiger partial charge in [0.25, 0.3) is 5.89 Å². The van der Waals surface area contributed by atoms with Gasteiger partial charge in [-0.1, -0.05) is 29.4 Å². The van der Waals surface area contributed by atoms with Crippen molar-refractivity contribution < 1.29 is 18.8 Å². The van der Waals surface area contributed by atoms with Gasteiger partial charge < -0.3 is 14.0 Å². The highest BCUT2D eigenvalue weighted by Crippen LogP contribution is 2.39. The lowest BCUT2D eigenvalue weighted by Gasteiger charge is -2.18. The highest BCUT2D eigenvalue weighted by molar-refractivity contribution is 5.75. The third kappa shape index (κ3) is 4.45. The monoisotopic (exact) mass is 446 g/mol. The van der Waals surface area contributed by atoms with Gasteiger partial charge in [-0.25, -0.2) is 0 Å². The van der Waals surface area contributed by atoms with Crippen LogP contribution in [0.3, 0.4) is 0 Å². The van der Waals surface area contributed by atoms with Crippen LogP contribution in [-0.2, 0) is 16.0 Å². The number of carbonyl (C=O) groups excluding carboxylic acids is 1. The minimum atomic E-state index is -0.404. The standard InChI is InChI=1S/C25H26N4O4/c1-14(2)32-22-16(13-26)7-5-10-20(22)24-28-23(29-33-24)19-9-6-8-18-17(19)11-12-21(18)27-15(3)25(30)31-4/h5-10,14-15,21,27H,11-12H2,1-4H3. The van der Waals surface area contributed by atoms with Gasteiger partial charge >= 0.3 is 5.97 Å². The summed E-state index contributed by atoms with van der Waals surface area (Å²) in [5.74, 6) is 0.912. The third-order valence-electron chi connectivity index (χ3n) is 5.66. The van der Waals surface area contributed by atoms with E-state index in [1.807, 2.05) is 26.0 Å². The number of fused-ring (bicyclic) bond motifs is 1. The van der Waals surface area contributed by atoms with E-state index in [4.69, 9.17) is 14.0 Å². The number of nitriles is 1. The van der Waals surface area contributed by atoms with Crippen molar-refractivity contribution >= 4 is 5.97 Å². The van der Waals surface area contributed by atoms with Crippen LogP contribution in [0, 0.1) is 11.3 Å².